The number of rotatable bonds is 6. The minimum absolute atomic E-state index is 0.00552. The molecule has 0 bridgehead atoms. The molecule has 0 aliphatic carbocycles. The summed E-state index contributed by atoms with van der Waals surface area (Å²) in [5, 5.41) is 0. The van der Waals surface area contributed by atoms with Crippen molar-refractivity contribution in [3.8, 4) is 22.8 Å². The zero-order chi connectivity index (χ0) is 23.5. The molecule has 0 atom stereocenters. The Bertz CT molecular complexity index is 1260. The molecule has 0 saturated carbocycles. The molecular weight excluding hydrogens is 456 g/mol. The highest BCUT2D eigenvalue weighted by Crippen LogP contribution is 2.33. The molecule has 1 amide bonds. The first-order valence-electron chi connectivity index (χ1n) is 11.3. The number of aryl methyl sites for hydroxylation is 1. The standard InChI is InChI=1S/C25H26N2O6S/c28-25(11-7-20-6-9-22(33-20)19-4-2-1-3-5-19)26-12-14-27(15-13-26)34(29,30)21-8-10-23-24(18-21)32-17-16-31-23/h1-6,8-10,18H,7,11-17H2. The normalized spacial score (nSPS) is 16.4. The van der Waals surface area contributed by atoms with E-state index in [2.05, 4.69) is 0 Å². The van der Waals surface area contributed by atoms with Crippen LogP contribution in [0.25, 0.3) is 11.3 Å². The van der Waals surface area contributed by atoms with Crippen LogP contribution in [-0.2, 0) is 21.2 Å². The molecule has 178 valence electrons. The Labute approximate surface area is 198 Å². The van der Waals surface area contributed by atoms with Gasteiger partial charge in [0.15, 0.2) is 11.5 Å². The highest BCUT2D eigenvalue weighted by atomic mass is 32.2. The fraction of sp³-hybridized carbons (Fsp3) is 0.320. The molecule has 0 radical (unpaired) electrons. The first kappa shape index (κ1) is 22.5. The predicted molar refractivity (Wildman–Crippen MR) is 125 cm³/mol. The van der Waals surface area contributed by atoms with Crippen LogP contribution in [0.1, 0.15) is 12.2 Å². The fourth-order valence-corrected chi connectivity index (χ4v) is 5.61. The summed E-state index contributed by atoms with van der Waals surface area (Å²) < 4.78 is 44.5. The van der Waals surface area contributed by atoms with Gasteiger partial charge in [-0.2, -0.15) is 4.31 Å². The molecule has 2 aliphatic rings. The third kappa shape index (κ3) is 4.67. The maximum Gasteiger partial charge on any atom is 0.243 e. The van der Waals surface area contributed by atoms with Crippen LogP contribution in [0.5, 0.6) is 11.5 Å². The van der Waals surface area contributed by atoms with Crippen molar-refractivity contribution in [2.75, 3.05) is 39.4 Å². The van der Waals surface area contributed by atoms with Crippen LogP contribution in [0.3, 0.4) is 0 Å². The lowest BCUT2D eigenvalue weighted by atomic mass is 10.2. The second-order valence-electron chi connectivity index (χ2n) is 8.22. The van der Waals surface area contributed by atoms with Gasteiger partial charge in [0, 0.05) is 50.7 Å². The molecule has 2 aliphatic heterocycles. The molecule has 2 aromatic carbocycles. The largest absolute Gasteiger partial charge is 0.486 e. The van der Waals surface area contributed by atoms with Gasteiger partial charge in [-0.25, -0.2) is 8.42 Å². The van der Waals surface area contributed by atoms with E-state index in [1.54, 1.807) is 11.0 Å². The number of hydrogen-bond donors (Lipinski definition) is 0. The molecule has 9 heteroatoms. The van der Waals surface area contributed by atoms with Crippen LogP contribution >= 0.6 is 0 Å². The number of piperazine rings is 1. The van der Waals surface area contributed by atoms with Crippen molar-refractivity contribution in [1.82, 2.24) is 9.21 Å². The summed E-state index contributed by atoms with van der Waals surface area (Å²) in [7, 11) is -3.68. The Hall–Kier alpha value is -3.30. The molecular formula is C25H26N2O6S. The Kier molecular flexibility index (Phi) is 6.30. The number of benzene rings is 2. The van der Waals surface area contributed by atoms with E-state index in [1.807, 2.05) is 42.5 Å². The summed E-state index contributed by atoms with van der Waals surface area (Å²) >= 11 is 0. The minimum atomic E-state index is -3.68. The molecule has 3 heterocycles. The minimum Gasteiger partial charge on any atom is -0.486 e. The SMILES string of the molecule is O=C(CCc1ccc(-c2ccccc2)o1)N1CCN(S(=O)(=O)c2ccc3c(c2)OCCO3)CC1. The number of nitrogens with zero attached hydrogens (tertiary/aromatic N) is 2. The Morgan fingerprint density at radius 3 is 2.35 bits per heavy atom. The van der Waals surface area contributed by atoms with Crippen LogP contribution in [0.15, 0.2) is 70.0 Å². The number of furan rings is 1. The van der Waals surface area contributed by atoms with Crippen LogP contribution in [0.2, 0.25) is 0 Å². The summed E-state index contributed by atoms with van der Waals surface area (Å²) in [6.07, 6.45) is 0.817. The van der Waals surface area contributed by atoms with Crippen molar-refractivity contribution in [2.24, 2.45) is 0 Å². The van der Waals surface area contributed by atoms with E-state index in [9.17, 15) is 13.2 Å². The predicted octanol–water partition coefficient (Wildman–Crippen LogP) is 3.18. The van der Waals surface area contributed by atoms with Gasteiger partial charge in [0.25, 0.3) is 0 Å². The van der Waals surface area contributed by atoms with E-state index in [4.69, 9.17) is 13.9 Å². The van der Waals surface area contributed by atoms with Gasteiger partial charge in [0.2, 0.25) is 15.9 Å². The molecule has 1 saturated heterocycles. The maximum atomic E-state index is 13.1. The molecule has 1 fully saturated rings. The number of fused-ring (bicyclic) bond motifs is 1. The lowest BCUT2D eigenvalue weighted by Crippen LogP contribution is -2.50. The first-order valence-corrected chi connectivity index (χ1v) is 12.8. The highest BCUT2D eigenvalue weighted by Gasteiger charge is 2.31. The average Bonchev–Trinajstić information content (AvgIpc) is 3.37. The molecule has 3 aromatic rings. The van der Waals surface area contributed by atoms with Gasteiger partial charge in [0.05, 0.1) is 4.90 Å². The zero-order valence-corrected chi connectivity index (χ0v) is 19.5. The summed E-state index contributed by atoms with van der Waals surface area (Å²) in [6.45, 7) is 2.06. The molecule has 0 spiro atoms. The second-order valence-corrected chi connectivity index (χ2v) is 10.2. The maximum absolute atomic E-state index is 13.1. The number of sulfonamides is 1. The quantitative estimate of drug-likeness (QED) is 0.536. The van der Waals surface area contributed by atoms with Crippen LogP contribution in [0, 0.1) is 0 Å². The molecule has 34 heavy (non-hydrogen) atoms. The third-order valence-corrected chi connectivity index (χ3v) is 7.94. The number of hydrogen-bond acceptors (Lipinski definition) is 6. The van der Waals surface area contributed by atoms with Crippen LogP contribution in [-0.4, -0.2) is 62.9 Å². The van der Waals surface area contributed by atoms with Crippen molar-refractivity contribution in [1.29, 1.82) is 0 Å². The second kappa shape index (κ2) is 9.52. The van der Waals surface area contributed by atoms with Gasteiger partial charge in [-0.1, -0.05) is 30.3 Å². The lowest BCUT2D eigenvalue weighted by molar-refractivity contribution is -0.132. The topological polar surface area (TPSA) is 89.3 Å². The Balaban J connectivity index is 1.15. The van der Waals surface area contributed by atoms with E-state index in [-0.39, 0.29) is 23.9 Å². The molecule has 0 unspecified atom stereocenters. The summed E-state index contributed by atoms with van der Waals surface area (Å²) in [5.41, 5.74) is 0.996. The number of carbonyl (C=O) groups excluding carboxylic acids is 1. The van der Waals surface area contributed by atoms with Gasteiger partial charge in [-0.05, 0) is 24.3 Å². The van der Waals surface area contributed by atoms with Crippen molar-refractivity contribution < 1.29 is 27.1 Å². The van der Waals surface area contributed by atoms with Crippen molar-refractivity contribution in [2.45, 2.75) is 17.7 Å². The van der Waals surface area contributed by atoms with Crippen molar-refractivity contribution in [3.63, 3.8) is 0 Å². The monoisotopic (exact) mass is 482 g/mol. The van der Waals surface area contributed by atoms with Gasteiger partial charge in [0.1, 0.15) is 24.7 Å². The molecule has 0 N–H and O–H groups in total. The number of ether oxygens (including phenoxy) is 2. The fourth-order valence-electron chi connectivity index (χ4n) is 4.17. The third-order valence-electron chi connectivity index (χ3n) is 6.05. The molecule has 8 nitrogen and oxygen atoms in total. The van der Waals surface area contributed by atoms with E-state index >= 15 is 0 Å². The van der Waals surface area contributed by atoms with Gasteiger partial charge in [-0.3, -0.25) is 4.79 Å². The smallest absolute Gasteiger partial charge is 0.243 e. The highest BCUT2D eigenvalue weighted by molar-refractivity contribution is 7.89. The van der Waals surface area contributed by atoms with E-state index < -0.39 is 10.0 Å². The zero-order valence-electron chi connectivity index (χ0n) is 18.7. The summed E-state index contributed by atoms with van der Waals surface area (Å²) in [5.74, 6) is 2.52. The van der Waals surface area contributed by atoms with Crippen LogP contribution < -0.4 is 9.47 Å². The van der Waals surface area contributed by atoms with Crippen molar-refractivity contribution in [3.05, 3.63) is 66.4 Å². The average molecular weight is 483 g/mol. The van der Waals surface area contributed by atoms with Gasteiger partial charge in [-0.15, -0.1) is 0 Å². The summed E-state index contributed by atoms with van der Waals surface area (Å²) in [4.78, 5) is 14.6. The number of carbonyl (C=O) groups is 1. The van der Waals surface area contributed by atoms with Gasteiger partial charge < -0.3 is 18.8 Å². The van der Waals surface area contributed by atoms with E-state index in [1.165, 1.54) is 16.4 Å². The lowest BCUT2D eigenvalue weighted by Gasteiger charge is -2.34. The van der Waals surface area contributed by atoms with Crippen molar-refractivity contribution >= 4 is 15.9 Å². The Morgan fingerprint density at radius 1 is 0.853 bits per heavy atom. The molecule has 1 aromatic heterocycles. The van der Waals surface area contributed by atoms with E-state index in [0.717, 1.165) is 17.1 Å². The Morgan fingerprint density at radius 2 is 1.59 bits per heavy atom. The number of amides is 1. The van der Waals surface area contributed by atoms with E-state index in [0.29, 0.717) is 50.6 Å². The first-order chi connectivity index (χ1) is 16.5. The van der Waals surface area contributed by atoms with Gasteiger partial charge >= 0.3 is 0 Å². The molecule has 5 rings (SSSR count). The summed E-state index contributed by atoms with van der Waals surface area (Å²) in [6, 6.07) is 18.3. The van der Waals surface area contributed by atoms with Crippen LogP contribution in [0.4, 0.5) is 0 Å².